The van der Waals surface area contributed by atoms with E-state index in [0.717, 1.165) is 11.3 Å². The number of nitrogens with zero attached hydrogens (tertiary/aromatic N) is 2. The summed E-state index contributed by atoms with van der Waals surface area (Å²) in [6.45, 7) is 3.81. The van der Waals surface area contributed by atoms with E-state index in [4.69, 9.17) is 9.15 Å². The number of para-hydroxylation sites is 2. The largest absolute Gasteiger partial charge is 0.409 e. The van der Waals surface area contributed by atoms with Crippen molar-refractivity contribution in [2.45, 2.75) is 13.8 Å². The molecule has 3 aromatic rings. The molecular weight excluding hydrogens is 256 g/mol. The normalized spacial score (nSPS) is 10.9. The number of oxazole rings is 1. The van der Waals surface area contributed by atoms with E-state index in [1.165, 1.54) is 0 Å². The molecule has 20 heavy (non-hydrogen) atoms. The van der Waals surface area contributed by atoms with Crippen LogP contribution in [-0.2, 0) is 7.05 Å². The Kier molecular flexibility index (Phi) is 2.82. The lowest BCUT2D eigenvalue weighted by atomic mass is 10.2. The minimum atomic E-state index is -0.213. The van der Waals surface area contributed by atoms with Gasteiger partial charge in [-0.3, -0.25) is 4.79 Å². The molecule has 1 aromatic carbocycles. The molecule has 5 nitrogen and oxygen atoms in total. The standard InChI is InChI=1S/C15H14N2O3/c1-9-8-13(14(18)17(3)10(9)2)20-15-16-11-6-4-5-7-12(11)19-15/h4-8H,1-3H3. The van der Waals surface area contributed by atoms with Gasteiger partial charge in [0.2, 0.25) is 0 Å². The first-order valence-corrected chi connectivity index (χ1v) is 6.27. The molecule has 0 radical (unpaired) electrons. The first-order valence-electron chi connectivity index (χ1n) is 6.27. The lowest BCUT2D eigenvalue weighted by Gasteiger charge is -2.09. The Morgan fingerprint density at radius 1 is 1.25 bits per heavy atom. The van der Waals surface area contributed by atoms with Gasteiger partial charge in [-0.25, -0.2) is 0 Å². The van der Waals surface area contributed by atoms with Gasteiger partial charge in [0.15, 0.2) is 11.3 Å². The summed E-state index contributed by atoms with van der Waals surface area (Å²) in [6, 6.07) is 9.04. The highest BCUT2D eigenvalue weighted by molar-refractivity contribution is 5.72. The van der Waals surface area contributed by atoms with Crippen LogP contribution in [0.4, 0.5) is 0 Å². The topological polar surface area (TPSA) is 57.3 Å². The van der Waals surface area contributed by atoms with E-state index < -0.39 is 0 Å². The van der Waals surface area contributed by atoms with Crippen LogP contribution in [0.2, 0.25) is 0 Å². The summed E-state index contributed by atoms with van der Waals surface area (Å²) in [5.41, 5.74) is 2.99. The van der Waals surface area contributed by atoms with Crippen LogP contribution >= 0.6 is 0 Å². The van der Waals surface area contributed by atoms with Crippen molar-refractivity contribution in [1.29, 1.82) is 0 Å². The zero-order valence-corrected chi connectivity index (χ0v) is 11.5. The minimum absolute atomic E-state index is 0.0755. The summed E-state index contributed by atoms with van der Waals surface area (Å²) < 4.78 is 12.5. The number of pyridine rings is 1. The fourth-order valence-corrected chi connectivity index (χ4v) is 2.01. The number of hydrogen-bond donors (Lipinski definition) is 0. The summed E-state index contributed by atoms with van der Waals surface area (Å²) in [5, 5.41) is 0. The van der Waals surface area contributed by atoms with Crippen molar-refractivity contribution in [2.24, 2.45) is 7.05 Å². The summed E-state index contributed by atoms with van der Waals surface area (Å²) in [7, 11) is 1.71. The Bertz CT molecular complexity index is 813. The number of aromatic nitrogens is 2. The molecule has 0 saturated carbocycles. The summed E-state index contributed by atoms with van der Waals surface area (Å²) >= 11 is 0. The van der Waals surface area contributed by atoms with Gasteiger partial charge in [0, 0.05) is 12.7 Å². The van der Waals surface area contributed by atoms with Gasteiger partial charge < -0.3 is 13.7 Å². The van der Waals surface area contributed by atoms with Crippen LogP contribution in [0.15, 0.2) is 39.5 Å². The van der Waals surface area contributed by atoms with E-state index in [1.54, 1.807) is 23.7 Å². The molecule has 0 unspecified atom stereocenters. The Morgan fingerprint density at radius 2 is 2.00 bits per heavy atom. The van der Waals surface area contributed by atoms with Gasteiger partial charge in [0.1, 0.15) is 5.52 Å². The number of aryl methyl sites for hydroxylation is 1. The third-order valence-electron chi connectivity index (χ3n) is 3.41. The van der Waals surface area contributed by atoms with Crippen molar-refractivity contribution < 1.29 is 9.15 Å². The maximum Gasteiger partial charge on any atom is 0.400 e. The van der Waals surface area contributed by atoms with Gasteiger partial charge in [-0.2, -0.15) is 4.98 Å². The fourth-order valence-electron chi connectivity index (χ4n) is 2.01. The molecule has 0 aliphatic carbocycles. The molecule has 0 N–H and O–H groups in total. The first kappa shape index (κ1) is 12.5. The molecule has 0 saturated heterocycles. The Balaban J connectivity index is 2.05. The summed E-state index contributed by atoms with van der Waals surface area (Å²) in [6.07, 6.45) is 0.0755. The van der Waals surface area contributed by atoms with E-state index in [0.29, 0.717) is 11.1 Å². The SMILES string of the molecule is Cc1cc(Oc2nc3ccccc3o2)c(=O)n(C)c1C. The Labute approximate surface area is 115 Å². The number of rotatable bonds is 2. The van der Waals surface area contributed by atoms with E-state index in [9.17, 15) is 4.79 Å². The average Bonchev–Trinajstić information content (AvgIpc) is 2.84. The Morgan fingerprint density at radius 3 is 2.75 bits per heavy atom. The molecule has 0 aliphatic heterocycles. The second-order valence-electron chi connectivity index (χ2n) is 4.69. The van der Waals surface area contributed by atoms with Crippen molar-refractivity contribution >= 4 is 11.1 Å². The van der Waals surface area contributed by atoms with Crippen molar-refractivity contribution in [2.75, 3.05) is 0 Å². The van der Waals surface area contributed by atoms with Crippen molar-refractivity contribution in [3.63, 3.8) is 0 Å². The highest BCUT2D eigenvalue weighted by atomic mass is 16.6. The highest BCUT2D eigenvalue weighted by Gasteiger charge is 2.12. The zero-order chi connectivity index (χ0) is 14.3. The second-order valence-corrected chi connectivity index (χ2v) is 4.69. The zero-order valence-electron chi connectivity index (χ0n) is 11.5. The van der Waals surface area contributed by atoms with Crippen LogP contribution < -0.4 is 10.3 Å². The predicted molar refractivity (Wildman–Crippen MR) is 75.2 cm³/mol. The molecule has 2 heterocycles. The smallest absolute Gasteiger partial charge is 0.400 e. The minimum Gasteiger partial charge on any atom is -0.409 e. The van der Waals surface area contributed by atoms with Crippen molar-refractivity contribution in [1.82, 2.24) is 9.55 Å². The fraction of sp³-hybridized carbons (Fsp3) is 0.200. The van der Waals surface area contributed by atoms with E-state index in [1.807, 2.05) is 32.0 Å². The monoisotopic (exact) mass is 270 g/mol. The number of fused-ring (bicyclic) bond motifs is 1. The van der Waals surface area contributed by atoms with Gasteiger partial charge in [-0.05, 0) is 37.6 Å². The van der Waals surface area contributed by atoms with Crippen LogP contribution in [-0.4, -0.2) is 9.55 Å². The maximum absolute atomic E-state index is 12.1. The predicted octanol–water partition coefficient (Wildman–Crippen LogP) is 2.94. The van der Waals surface area contributed by atoms with Gasteiger partial charge in [-0.1, -0.05) is 12.1 Å². The van der Waals surface area contributed by atoms with Crippen molar-refractivity contribution in [3.05, 3.63) is 51.9 Å². The molecular formula is C15H14N2O3. The van der Waals surface area contributed by atoms with E-state index in [-0.39, 0.29) is 17.4 Å². The molecule has 0 atom stereocenters. The number of benzene rings is 1. The van der Waals surface area contributed by atoms with Crippen LogP contribution in [0, 0.1) is 13.8 Å². The molecule has 102 valence electrons. The molecule has 0 bridgehead atoms. The molecule has 0 aliphatic rings. The van der Waals surface area contributed by atoms with Crippen LogP contribution in [0.1, 0.15) is 11.3 Å². The van der Waals surface area contributed by atoms with Gasteiger partial charge in [0.25, 0.3) is 5.56 Å². The average molecular weight is 270 g/mol. The molecule has 0 amide bonds. The molecule has 2 aromatic heterocycles. The van der Waals surface area contributed by atoms with Crippen LogP contribution in [0.25, 0.3) is 11.1 Å². The molecule has 5 heteroatoms. The van der Waals surface area contributed by atoms with Crippen LogP contribution in [0.5, 0.6) is 11.8 Å². The first-order chi connectivity index (χ1) is 9.56. The van der Waals surface area contributed by atoms with Crippen molar-refractivity contribution in [3.8, 4) is 11.8 Å². The summed E-state index contributed by atoms with van der Waals surface area (Å²) in [4.78, 5) is 16.3. The third kappa shape index (κ3) is 1.97. The summed E-state index contributed by atoms with van der Waals surface area (Å²) in [5.74, 6) is 0.210. The maximum atomic E-state index is 12.1. The van der Waals surface area contributed by atoms with Gasteiger partial charge in [0.05, 0.1) is 0 Å². The molecule has 3 rings (SSSR count). The quantitative estimate of drug-likeness (QED) is 0.718. The lowest BCUT2D eigenvalue weighted by molar-refractivity contribution is 0.337. The lowest BCUT2D eigenvalue weighted by Crippen LogP contribution is -2.21. The van der Waals surface area contributed by atoms with Gasteiger partial charge >= 0.3 is 6.08 Å². The van der Waals surface area contributed by atoms with E-state index in [2.05, 4.69) is 4.98 Å². The Hall–Kier alpha value is -2.56. The molecule has 0 fully saturated rings. The number of hydrogen-bond acceptors (Lipinski definition) is 4. The van der Waals surface area contributed by atoms with E-state index >= 15 is 0 Å². The van der Waals surface area contributed by atoms with Crippen LogP contribution in [0.3, 0.4) is 0 Å². The highest BCUT2D eigenvalue weighted by Crippen LogP contribution is 2.24. The van der Waals surface area contributed by atoms with Gasteiger partial charge in [-0.15, -0.1) is 0 Å². The second kappa shape index (κ2) is 4.52. The number of ether oxygens (including phenoxy) is 1. The third-order valence-corrected chi connectivity index (χ3v) is 3.41. The molecule has 0 spiro atoms.